The molecule has 5 atom stereocenters. The highest BCUT2D eigenvalue weighted by atomic mass is 32.2. The summed E-state index contributed by atoms with van der Waals surface area (Å²) in [5.74, 6) is -1.23. The number of likely N-dealkylation sites (tertiary alicyclic amines) is 1. The minimum absolute atomic E-state index is 0.0252. The molecule has 0 radical (unpaired) electrons. The van der Waals surface area contributed by atoms with E-state index in [0.717, 1.165) is 29.7 Å². The number of hydrogen-bond acceptors (Lipinski definition) is 5. The van der Waals surface area contributed by atoms with Crippen LogP contribution in [0, 0.1) is 25.7 Å². The molecular formula is C29H39N3O4S. The highest BCUT2D eigenvalue weighted by Gasteiger charge is 2.73. The van der Waals surface area contributed by atoms with E-state index in [9.17, 15) is 19.5 Å². The van der Waals surface area contributed by atoms with Crippen LogP contribution in [0.1, 0.15) is 36.8 Å². The summed E-state index contributed by atoms with van der Waals surface area (Å²) in [6, 6.07) is 5.37. The third-order valence-electron chi connectivity index (χ3n) is 8.14. The van der Waals surface area contributed by atoms with Gasteiger partial charge in [-0.2, -0.15) is 0 Å². The highest BCUT2D eigenvalue weighted by molar-refractivity contribution is 8.02. The van der Waals surface area contributed by atoms with E-state index < -0.39 is 22.6 Å². The molecule has 7 nitrogen and oxygen atoms in total. The first-order chi connectivity index (χ1) is 17.7. The molecule has 0 aliphatic carbocycles. The maximum Gasteiger partial charge on any atom is 0.251 e. The molecule has 3 fully saturated rings. The number of rotatable bonds is 11. The Labute approximate surface area is 224 Å². The van der Waals surface area contributed by atoms with Crippen LogP contribution in [0.5, 0.6) is 0 Å². The predicted octanol–water partition coefficient (Wildman–Crippen LogP) is 3.33. The molecule has 37 heavy (non-hydrogen) atoms. The zero-order valence-electron chi connectivity index (χ0n) is 22.2. The number of fused-ring (bicyclic) bond motifs is 1. The van der Waals surface area contributed by atoms with E-state index in [1.165, 1.54) is 0 Å². The fraction of sp³-hybridized carbons (Fsp3) is 0.552. The van der Waals surface area contributed by atoms with Gasteiger partial charge in [-0.25, -0.2) is 0 Å². The van der Waals surface area contributed by atoms with Gasteiger partial charge in [0.1, 0.15) is 6.04 Å². The Morgan fingerprint density at radius 1 is 1.19 bits per heavy atom. The second-order valence-corrected chi connectivity index (χ2v) is 12.2. The van der Waals surface area contributed by atoms with E-state index in [-0.39, 0.29) is 29.6 Å². The zero-order chi connectivity index (χ0) is 26.9. The number of thioether (sulfide) groups is 1. The van der Waals surface area contributed by atoms with Crippen molar-refractivity contribution in [2.75, 3.05) is 38.2 Å². The molecule has 1 aromatic carbocycles. The lowest BCUT2D eigenvalue weighted by Crippen LogP contribution is -2.55. The van der Waals surface area contributed by atoms with Gasteiger partial charge >= 0.3 is 0 Å². The van der Waals surface area contributed by atoms with Crippen LogP contribution in [0.2, 0.25) is 0 Å². The number of carbonyl (C=O) groups is 3. The summed E-state index contributed by atoms with van der Waals surface area (Å²) in [7, 11) is 1.75. The molecule has 4 rings (SSSR count). The predicted molar refractivity (Wildman–Crippen MR) is 148 cm³/mol. The van der Waals surface area contributed by atoms with Gasteiger partial charge in [-0.15, -0.1) is 24.9 Å². The zero-order valence-corrected chi connectivity index (χ0v) is 23.0. The van der Waals surface area contributed by atoms with Crippen molar-refractivity contribution in [2.24, 2.45) is 11.8 Å². The van der Waals surface area contributed by atoms with E-state index >= 15 is 0 Å². The second-order valence-electron chi connectivity index (χ2n) is 10.6. The summed E-state index contributed by atoms with van der Waals surface area (Å²) in [6.07, 6.45) is 6.10. The largest absolute Gasteiger partial charge is 0.396 e. The van der Waals surface area contributed by atoms with Gasteiger partial charge in [0.05, 0.1) is 16.6 Å². The van der Waals surface area contributed by atoms with Crippen molar-refractivity contribution in [3.63, 3.8) is 0 Å². The molecule has 2 bridgehead atoms. The van der Waals surface area contributed by atoms with Gasteiger partial charge in [0.2, 0.25) is 11.8 Å². The molecule has 3 heterocycles. The minimum Gasteiger partial charge on any atom is -0.396 e. The van der Waals surface area contributed by atoms with Crippen LogP contribution < -0.4 is 4.90 Å². The van der Waals surface area contributed by atoms with Crippen molar-refractivity contribution in [1.29, 1.82) is 0 Å². The van der Waals surface area contributed by atoms with Crippen LogP contribution in [0.3, 0.4) is 0 Å². The Bertz CT molecular complexity index is 1090. The number of aliphatic hydroxyl groups excluding tert-OH is 1. The molecule has 3 amide bonds. The van der Waals surface area contributed by atoms with Crippen molar-refractivity contribution in [3.05, 3.63) is 54.6 Å². The maximum absolute atomic E-state index is 14.5. The monoisotopic (exact) mass is 525 g/mol. The molecule has 2 unspecified atom stereocenters. The van der Waals surface area contributed by atoms with E-state index in [4.69, 9.17) is 0 Å². The standard InChI is InChI=1S/C29H39N3O4S/c1-6-14-30(5)26(34)23-22-12-13-29(37-22)24(23)27(35)32(16-8-9-17-33)25(29)28(36)31(15-7-2)21-18-19(3)10-11-20(21)4/h6-7,10-11,18,22-25,33H,1-2,8-9,12-17H2,3-5H3/t22-,23+,24+,25?,29?/m1/s1. The first-order valence-corrected chi connectivity index (χ1v) is 14.0. The molecule has 3 saturated heterocycles. The molecule has 1 spiro atoms. The third kappa shape index (κ3) is 4.63. The first-order valence-electron chi connectivity index (χ1n) is 13.2. The van der Waals surface area contributed by atoms with Crippen LogP contribution in [0.25, 0.3) is 0 Å². The topological polar surface area (TPSA) is 81.2 Å². The lowest BCUT2D eigenvalue weighted by atomic mass is 9.70. The molecule has 0 saturated carbocycles. The number of nitrogens with zero attached hydrogens (tertiary/aromatic N) is 3. The SMILES string of the molecule is C=CCN(C)C(=O)[C@@H]1[C@H]2C(=O)N(CCCCO)C(C(=O)N(CC=C)c3cc(C)ccc3C)C23CC[C@H]1S3. The fourth-order valence-corrected chi connectivity index (χ4v) is 8.69. The number of anilines is 1. The van der Waals surface area contributed by atoms with E-state index in [1.54, 1.807) is 45.7 Å². The molecule has 1 aromatic rings. The average molecular weight is 526 g/mol. The Balaban J connectivity index is 1.77. The Morgan fingerprint density at radius 2 is 1.92 bits per heavy atom. The molecule has 200 valence electrons. The van der Waals surface area contributed by atoms with Crippen molar-refractivity contribution < 1.29 is 19.5 Å². The van der Waals surface area contributed by atoms with E-state index in [2.05, 4.69) is 13.2 Å². The van der Waals surface area contributed by atoms with Crippen molar-refractivity contribution in [1.82, 2.24) is 9.80 Å². The van der Waals surface area contributed by atoms with Gasteiger partial charge in [0.15, 0.2) is 0 Å². The van der Waals surface area contributed by atoms with Crippen molar-refractivity contribution >= 4 is 35.2 Å². The van der Waals surface area contributed by atoms with Gasteiger partial charge in [-0.3, -0.25) is 14.4 Å². The number of hydrogen-bond donors (Lipinski definition) is 1. The Morgan fingerprint density at radius 3 is 2.59 bits per heavy atom. The normalized spacial score (nSPS) is 27.8. The molecule has 3 aliphatic heterocycles. The maximum atomic E-state index is 14.5. The lowest BCUT2D eigenvalue weighted by molar-refractivity contribution is -0.143. The van der Waals surface area contributed by atoms with E-state index in [0.29, 0.717) is 32.5 Å². The van der Waals surface area contributed by atoms with Crippen molar-refractivity contribution in [3.8, 4) is 0 Å². The summed E-state index contributed by atoms with van der Waals surface area (Å²) >= 11 is 1.68. The smallest absolute Gasteiger partial charge is 0.251 e. The molecule has 1 N–H and O–H groups in total. The summed E-state index contributed by atoms with van der Waals surface area (Å²) in [5, 5.41) is 9.41. The third-order valence-corrected chi connectivity index (χ3v) is 10.1. The van der Waals surface area contributed by atoms with Gasteiger partial charge < -0.3 is 19.8 Å². The number of benzene rings is 1. The van der Waals surface area contributed by atoms with Crippen molar-refractivity contribution in [2.45, 2.75) is 55.6 Å². The molecule has 8 heteroatoms. The quantitative estimate of drug-likeness (QED) is 0.354. The van der Waals surface area contributed by atoms with Gasteiger partial charge in [-0.1, -0.05) is 24.3 Å². The van der Waals surface area contributed by atoms with Crippen LogP contribution in [-0.4, -0.2) is 82.0 Å². The average Bonchev–Trinajstić information content (AvgIpc) is 3.51. The Kier molecular flexibility index (Phi) is 8.19. The van der Waals surface area contributed by atoms with Crippen LogP contribution in [-0.2, 0) is 14.4 Å². The number of unbranched alkanes of at least 4 members (excludes halogenated alkanes) is 1. The summed E-state index contributed by atoms with van der Waals surface area (Å²) in [5.41, 5.74) is 2.85. The number of carbonyl (C=O) groups excluding carboxylic acids is 3. The number of likely N-dealkylation sites (N-methyl/N-ethyl adjacent to an activating group) is 1. The summed E-state index contributed by atoms with van der Waals surface area (Å²) in [4.78, 5) is 47.3. The number of aryl methyl sites for hydroxylation is 2. The summed E-state index contributed by atoms with van der Waals surface area (Å²) in [6.45, 7) is 12.8. The molecule has 3 aliphatic rings. The van der Waals surface area contributed by atoms with E-state index in [1.807, 2.05) is 32.0 Å². The first kappa shape index (κ1) is 27.5. The highest BCUT2D eigenvalue weighted by Crippen LogP contribution is 2.66. The lowest BCUT2D eigenvalue weighted by Gasteiger charge is -2.38. The second kappa shape index (κ2) is 11.0. The summed E-state index contributed by atoms with van der Waals surface area (Å²) < 4.78 is -0.634. The van der Waals surface area contributed by atoms with Gasteiger partial charge in [0, 0.05) is 44.2 Å². The number of amides is 3. The molecule has 0 aromatic heterocycles. The van der Waals surface area contributed by atoms with Crippen LogP contribution in [0.4, 0.5) is 5.69 Å². The number of aliphatic hydroxyl groups is 1. The van der Waals surface area contributed by atoms with Crippen LogP contribution in [0.15, 0.2) is 43.5 Å². The van der Waals surface area contributed by atoms with Crippen LogP contribution >= 0.6 is 11.8 Å². The van der Waals surface area contributed by atoms with Gasteiger partial charge in [-0.05, 0) is 56.7 Å². The fourth-order valence-electron chi connectivity index (χ4n) is 6.48. The molecular weight excluding hydrogens is 486 g/mol. The minimum atomic E-state index is -0.666. The van der Waals surface area contributed by atoms with Gasteiger partial charge in [0.25, 0.3) is 5.91 Å². The Hall–Kier alpha value is -2.58.